The van der Waals surface area contributed by atoms with Crippen LogP contribution in [0.4, 0.5) is 11.4 Å². The largest absolute Gasteiger partial charge is 0.382 e. The van der Waals surface area contributed by atoms with E-state index in [0.29, 0.717) is 16.2 Å². The van der Waals surface area contributed by atoms with Gasteiger partial charge in [-0.25, -0.2) is 8.42 Å². The Kier molecular flexibility index (Phi) is 5.89. The first-order valence-corrected chi connectivity index (χ1v) is 11.0. The van der Waals surface area contributed by atoms with E-state index in [1.165, 1.54) is 0 Å². The molecule has 0 aliphatic carbocycles. The predicted octanol–water partition coefficient (Wildman–Crippen LogP) is 4.06. The lowest BCUT2D eigenvalue weighted by molar-refractivity contribution is 0.264. The summed E-state index contributed by atoms with van der Waals surface area (Å²) in [6.07, 6.45) is 2.12. The van der Waals surface area contributed by atoms with Gasteiger partial charge in [0.1, 0.15) is 0 Å². The third-order valence-electron chi connectivity index (χ3n) is 4.72. The fourth-order valence-electron chi connectivity index (χ4n) is 3.04. The van der Waals surface area contributed by atoms with Gasteiger partial charge in [-0.05, 0) is 85.7 Å². The first-order valence-electron chi connectivity index (χ1n) is 8.68. The zero-order valence-corrected chi connectivity index (χ0v) is 17.4. The second kappa shape index (κ2) is 7.98. The summed E-state index contributed by atoms with van der Waals surface area (Å²) >= 11 is 3.37. The van der Waals surface area contributed by atoms with Gasteiger partial charge in [0.05, 0.1) is 10.6 Å². The van der Waals surface area contributed by atoms with Crippen molar-refractivity contribution in [2.75, 3.05) is 30.2 Å². The Bertz CT molecular complexity index is 878. The number of para-hydroxylation sites is 1. The molecule has 1 heterocycles. The topological polar surface area (TPSA) is 61.4 Å². The van der Waals surface area contributed by atoms with Gasteiger partial charge in [-0.15, -0.1) is 0 Å². The molecule has 0 amide bonds. The summed E-state index contributed by atoms with van der Waals surface area (Å²) in [7, 11) is -1.53. The number of piperidine rings is 1. The van der Waals surface area contributed by atoms with Gasteiger partial charge in [0.2, 0.25) is 0 Å². The molecule has 0 unspecified atom stereocenters. The summed E-state index contributed by atoms with van der Waals surface area (Å²) in [5.41, 5.74) is 2.45. The van der Waals surface area contributed by atoms with Crippen molar-refractivity contribution >= 4 is 37.3 Å². The quantitative estimate of drug-likeness (QED) is 0.739. The molecular weight excluding hydrogens is 414 g/mol. The van der Waals surface area contributed by atoms with Gasteiger partial charge in [-0.3, -0.25) is 4.72 Å². The highest BCUT2D eigenvalue weighted by molar-refractivity contribution is 9.10. The number of hydrogen-bond donors (Lipinski definition) is 2. The maximum Gasteiger partial charge on any atom is 0.262 e. The molecule has 2 aromatic carbocycles. The van der Waals surface area contributed by atoms with E-state index in [1.54, 1.807) is 30.3 Å². The summed E-state index contributed by atoms with van der Waals surface area (Å²) in [5.74, 6) is 0. The van der Waals surface area contributed by atoms with E-state index in [9.17, 15) is 8.42 Å². The smallest absolute Gasteiger partial charge is 0.262 e. The average molecular weight is 438 g/mol. The molecule has 0 radical (unpaired) electrons. The minimum Gasteiger partial charge on any atom is -0.382 e. The van der Waals surface area contributed by atoms with E-state index in [-0.39, 0.29) is 4.90 Å². The van der Waals surface area contributed by atoms with Crippen molar-refractivity contribution < 1.29 is 8.42 Å². The van der Waals surface area contributed by atoms with Crippen LogP contribution in [0.1, 0.15) is 18.4 Å². The molecule has 5 nitrogen and oxygen atoms in total. The molecule has 0 bridgehead atoms. The number of rotatable bonds is 5. The predicted molar refractivity (Wildman–Crippen MR) is 110 cm³/mol. The van der Waals surface area contributed by atoms with E-state index in [2.05, 4.69) is 37.9 Å². The van der Waals surface area contributed by atoms with Crippen LogP contribution in [-0.2, 0) is 10.0 Å². The molecule has 2 N–H and O–H groups in total. The summed E-state index contributed by atoms with van der Waals surface area (Å²) in [5, 5.41) is 3.53. The van der Waals surface area contributed by atoms with Crippen LogP contribution in [0.15, 0.2) is 51.8 Å². The number of likely N-dealkylation sites (tertiary alicyclic amines) is 1. The van der Waals surface area contributed by atoms with Crippen LogP contribution < -0.4 is 10.0 Å². The van der Waals surface area contributed by atoms with E-state index < -0.39 is 10.0 Å². The number of benzene rings is 2. The first-order chi connectivity index (χ1) is 12.3. The molecule has 0 spiro atoms. The first kappa shape index (κ1) is 19.2. The second-order valence-corrected chi connectivity index (χ2v) is 9.32. The summed E-state index contributed by atoms with van der Waals surface area (Å²) in [4.78, 5) is 2.57. The fraction of sp³-hybridized carbons (Fsp3) is 0.368. The molecule has 2 aromatic rings. The third-order valence-corrected chi connectivity index (χ3v) is 6.77. The van der Waals surface area contributed by atoms with Crippen molar-refractivity contribution in [2.45, 2.75) is 30.7 Å². The van der Waals surface area contributed by atoms with Crippen molar-refractivity contribution in [3.8, 4) is 0 Å². The second-order valence-electron chi connectivity index (χ2n) is 6.78. The van der Waals surface area contributed by atoms with Crippen molar-refractivity contribution in [1.29, 1.82) is 0 Å². The molecule has 140 valence electrons. The number of hydrogen-bond acceptors (Lipinski definition) is 4. The molecule has 7 heteroatoms. The zero-order valence-electron chi connectivity index (χ0n) is 15.0. The molecule has 0 atom stereocenters. The zero-order chi connectivity index (χ0) is 18.7. The SMILES string of the molecule is Cc1ccc(S(=O)(=O)Nc2ccccc2Br)cc1NC1CCN(C)CC1. The number of aryl methyl sites for hydroxylation is 1. The van der Waals surface area contributed by atoms with Gasteiger partial charge in [0, 0.05) is 16.2 Å². The molecule has 0 aromatic heterocycles. The Morgan fingerprint density at radius 1 is 1.08 bits per heavy atom. The minimum atomic E-state index is -3.65. The highest BCUT2D eigenvalue weighted by atomic mass is 79.9. The Hall–Kier alpha value is -1.57. The molecular formula is C19H24BrN3O2S. The van der Waals surface area contributed by atoms with Crippen molar-refractivity contribution in [1.82, 2.24) is 4.90 Å². The van der Waals surface area contributed by atoms with Gasteiger partial charge < -0.3 is 10.2 Å². The molecule has 26 heavy (non-hydrogen) atoms. The van der Waals surface area contributed by atoms with Crippen LogP contribution in [0.3, 0.4) is 0 Å². The lowest BCUT2D eigenvalue weighted by Crippen LogP contribution is -2.36. The van der Waals surface area contributed by atoms with Gasteiger partial charge >= 0.3 is 0 Å². The van der Waals surface area contributed by atoms with Crippen LogP contribution >= 0.6 is 15.9 Å². The molecule has 1 aliphatic heterocycles. The van der Waals surface area contributed by atoms with Crippen molar-refractivity contribution in [2.24, 2.45) is 0 Å². The Balaban J connectivity index is 1.81. The van der Waals surface area contributed by atoms with Gasteiger partial charge in [0.15, 0.2) is 0 Å². The fourth-order valence-corrected chi connectivity index (χ4v) is 4.66. The Morgan fingerprint density at radius 2 is 1.77 bits per heavy atom. The minimum absolute atomic E-state index is 0.259. The summed E-state index contributed by atoms with van der Waals surface area (Å²) < 4.78 is 28.9. The van der Waals surface area contributed by atoms with Gasteiger partial charge in [-0.2, -0.15) is 0 Å². The van der Waals surface area contributed by atoms with Crippen LogP contribution in [0.25, 0.3) is 0 Å². The van der Waals surface area contributed by atoms with Crippen LogP contribution in [0, 0.1) is 6.92 Å². The number of nitrogens with one attached hydrogen (secondary N) is 2. The van der Waals surface area contributed by atoms with E-state index in [4.69, 9.17) is 0 Å². The van der Waals surface area contributed by atoms with Crippen molar-refractivity contribution in [3.63, 3.8) is 0 Å². The van der Waals surface area contributed by atoms with Crippen LogP contribution in [0.2, 0.25) is 0 Å². The van der Waals surface area contributed by atoms with E-state index in [0.717, 1.165) is 37.2 Å². The van der Waals surface area contributed by atoms with E-state index >= 15 is 0 Å². The van der Waals surface area contributed by atoms with Crippen LogP contribution in [0.5, 0.6) is 0 Å². The lowest BCUT2D eigenvalue weighted by Gasteiger charge is -2.30. The average Bonchev–Trinajstić information content (AvgIpc) is 2.60. The highest BCUT2D eigenvalue weighted by Gasteiger charge is 2.20. The lowest BCUT2D eigenvalue weighted by atomic mass is 10.0. The number of nitrogens with zero attached hydrogens (tertiary/aromatic N) is 1. The van der Waals surface area contributed by atoms with Gasteiger partial charge in [-0.1, -0.05) is 18.2 Å². The normalized spacial score (nSPS) is 16.4. The number of sulfonamides is 1. The van der Waals surface area contributed by atoms with E-state index in [1.807, 2.05) is 19.1 Å². The molecule has 1 saturated heterocycles. The molecule has 0 saturated carbocycles. The Morgan fingerprint density at radius 3 is 2.46 bits per heavy atom. The number of halogens is 1. The molecule has 1 fully saturated rings. The van der Waals surface area contributed by atoms with Crippen molar-refractivity contribution in [3.05, 3.63) is 52.5 Å². The summed E-state index contributed by atoms with van der Waals surface area (Å²) in [6.45, 7) is 4.10. The standard InChI is InChI=1S/C19H24BrN3O2S/c1-14-7-8-16(13-19(14)21-15-9-11-23(2)12-10-15)26(24,25)22-18-6-4-3-5-17(18)20/h3-8,13,15,21-22H,9-12H2,1-2H3. The highest BCUT2D eigenvalue weighted by Crippen LogP contribution is 2.27. The maximum atomic E-state index is 12.8. The third kappa shape index (κ3) is 4.58. The summed E-state index contributed by atoms with van der Waals surface area (Å²) in [6, 6.07) is 12.8. The van der Waals surface area contributed by atoms with Crippen LogP contribution in [-0.4, -0.2) is 39.5 Å². The Labute approximate surface area is 164 Å². The monoisotopic (exact) mass is 437 g/mol. The molecule has 3 rings (SSSR count). The number of anilines is 2. The molecule has 1 aliphatic rings. The maximum absolute atomic E-state index is 12.8. The van der Waals surface area contributed by atoms with Gasteiger partial charge in [0.25, 0.3) is 10.0 Å².